The van der Waals surface area contributed by atoms with Gasteiger partial charge in [-0.05, 0) is 48.6 Å². The predicted octanol–water partition coefficient (Wildman–Crippen LogP) is 8.14. The van der Waals surface area contributed by atoms with Crippen LogP contribution in [0.3, 0.4) is 0 Å². The molecule has 1 aliphatic rings. The Labute approximate surface area is 183 Å². The molecule has 0 N–H and O–H groups in total. The highest BCUT2D eigenvalue weighted by Crippen LogP contribution is 2.42. The summed E-state index contributed by atoms with van der Waals surface area (Å²) in [5.41, 5.74) is -1.54. The van der Waals surface area contributed by atoms with Crippen molar-refractivity contribution in [1.82, 2.24) is 0 Å². The first-order valence-electron chi connectivity index (χ1n) is 12.0. The number of fused-ring (bicyclic) bond motifs is 1. The number of hydrogen-bond donors (Lipinski definition) is 0. The van der Waals surface area contributed by atoms with Crippen molar-refractivity contribution in [1.29, 1.82) is 0 Å². The Balaban J connectivity index is 1.76. The molecule has 0 amide bonds. The van der Waals surface area contributed by atoms with Crippen LogP contribution < -0.4 is 5.63 Å². The van der Waals surface area contributed by atoms with E-state index in [1.165, 1.54) is 12.5 Å². The van der Waals surface area contributed by atoms with Crippen LogP contribution in [0.2, 0.25) is 0 Å². The van der Waals surface area contributed by atoms with Crippen LogP contribution in [-0.4, -0.2) is 0 Å². The van der Waals surface area contributed by atoms with Crippen molar-refractivity contribution >= 4 is 10.8 Å². The second kappa shape index (κ2) is 10.7. The van der Waals surface area contributed by atoms with E-state index in [1.54, 1.807) is 6.07 Å². The Morgan fingerprint density at radius 2 is 1.68 bits per heavy atom. The molecule has 0 unspecified atom stereocenters. The summed E-state index contributed by atoms with van der Waals surface area (Å²) in [5, 5.41) is -0.0260. The van der Waals surface area contributed by atoms with Crippen molar-refractivity contribution < 1.29 is 17.6 Å². The van der Waals surface area contributed by atoms with Crippen LogP contribution in [0.1, 0.15) is 95.8 Å². The highest BCUT2D eigenvalue weighted by atomic mass is 19.3. The summed E-state index contributed by atoms with van der Waals surface area (Å²) in [6.07, 6.45) is 10.1. The van der Waals surface area contributed by atoms with Crippen molar-refractivity contribution in [3.8, 4) is 0 Å². The average molecular weight is 437 g/mol. The predicted molar refractivity (Wildman–Crippen MR) is 119 cm³/mol. The Hall–Kier alpha value is -1.78. The number of rotatable bonds is 10. The fourth-order valence-corrected chi connectivity index (χ4v) is 4.92. The third-order valence-electron chi connectivity index (χ3n) is 6.93. The molecular weight excluding hydrogens is 401 g/mol. The van der Waals surface area contributed by atoms with E-state index in [9.17, 15) is 4.79 Å². The van der Waals surface area contributed by atoms with Gasteiger partial charge in [-0.1, -0.05) is 64.9 Å². The highest BCUT2D eigenvalue weighted by Gasteiger charge is 2.39. The van der Waals surface area contributed by atoms with Gasteiger partial charge in [0.05, 0.1) is 5.56 Å². The van der Waals surface area contributed by atoms with Gasteiger partial charge in [-0.15, -0.1) is 0 Å². The van der Waals surface area contributed by atoms with Gasteiger partial charge in [0.2, 0.25) is 0 Å². The molecule has 0 atom stereocenters. The molecule has 1 saturated carbocycles. The third-order valence-corrected chi connectivity index (χ3v) is 6.93. The standard InChI is InChI=1S/C26H35F3O2/c1-3-5-6-7-8-9-21-16-20-14-15-22(24(27)23(20)25(30)31-21)26(28,29)17-19-12-10-18(4-2)11-13-19/h14-16,18-19H,3-13,17H2,1-2H3. The quantitative estimate of drug-likeness (QED) is 0.352. The van der Waals surface area contributed by atoms with E-state index in [4.69, 9.17) is 4.42 Å². The number of aryl methyl sites for hydroxylation is 1. The minimum atomic E-state index is -3.30. The summed E-state index contributed by atoms with van der Waals surface area (Å²) in [4.78, 5) is 12.4. The molecule has 1 aromatic heterocycles. The molecule has 1 fully saturated rings. The first-order chi connectivity index (χ1) is 14.9. The molecule has 0 aliphatic heterocycles. The van der Waals surface area contributed by atoms with E-state index in [1.807, 2.05) is 0 Å². The number of hydrogen-bond acceptors (Lipinski definition) is 2. The maximum Gasteiger partial charge on any atom is 0.346 e. The zero-order chi connectivity index (χ0) is 22.4. The number of alkyl halides is 2. The summed E-state index contributed by atoms with van der Waals surface area (Å²) in [6.45, 7) is 4.28. The molecule has 0 saturated heterocycles. The van der Waals surface area contributed by atoms with Crippen LogP contribution in [0.5, 0.6) is 0 Å². The summed E-state index contributed by atoms with van der Waals surface area (Å²) in [6, 6.07) is 4.21. The van der Waals surface area contributed by atoms with Crippen LogP contribution in [0, 0.1) is 17.7 Å². The van der Waals surface area contributed by atoms with E-state index in [2.05, 4.69) is 13.8 Å². The van der Waals surface area contributed by atoms with Gasteiger partial charge in [0.1, 0.15) is 17.0 Å². The third kappa shape index (κ3) is 5.93. The largest absolute Gasteiger partial charge is 0.427 e. The lowest BCUT2D eigenvalue weighted by Crippen LogP contribution is -2.24. The Bertz CT molecular complexity index is 911. The minimum absolute atomic E-state index is 0.112. The molecule has 2 aromatic rings. The molecule has 1 aromatic carbocycles. The first kappa shape index (κ1) is 23.9. The number of benzene rings is 1. The van der Waals surface area contributed by atoms with E-state index in [-0.39, 0.29) is 17.7 Å². The molecule has 0 radical (unpaired) electrons. The van der Waals surface area contributed by atoms with Crippen molar-refractivity contribution in [2.45, 2.75) is 96.8 Å². The van der Waals surface area contributed by atoms with Gasteiger partial charge >= 0.3 is 5.63 Å². The van der Waals surface area contributed by atoms with Gasteiger partial charge in [-0.3, -0.25) is 0 Å². The Kier molecular flexibility index (Phi) is 8.23. The fraction of sp³-hybridized carbons (Fsp3) is 0.654. The fourth-order valence-electron chi connectivity index (χ4n) is 4.92. The molecule has 1 heterocycles. The SMILES string of the molecule is CCCCCCCc1cc2ccc(C(F)(F)CC3CCC(CC)CC3)c(F)c2c(=O)o1. The van der Waals surface area contributed by atoms with Gasteiger partial charge < -0.3 is 4.42 Å². The molecule has 3 rings (SSSR count). The Morgan fingerprint density at radius 1 is 1.00 bits per heavy atom. The summed E-state index contributed by atoms with van der Waals surface area (Å²) in [5.74, 6) is -3.44. The monoisotopic (exact) mass is 436 g/mol. The number of unbranched alkanes of at least 4 members (excludes halogenated alkanes) is 4. The van der Waals surface area contributed by atoms with Crippen molar-refractivity contribution in [2.24, 2.45) is 11.8 Å². The maximum absolute atomic E-state index is 15.1. The lowest BCUT2D eigenvalue weighted by atomic mass is 9.78. The second-order valence-electron chi connectivity index (χ2n) is 9.26. The molecule has 0 spiro atoms. The lowest BCUT2D eigenvalue weighted by Gasteiger charge is -2.30. The van der Waals surface area contributed by atoms with Crippen LogP contribution >= 0.6 is 0 Å². The topological polar surface area (TPSA) is 30.2 Å². The van der Waals surface area contributed by atoms with Crippen LogP contribution in [-0.2, 0) is 12.3 Å². The molecule has 2 nitrogen and oxygen atoms in total. The van der Waals surface area contributed by atoms with Crippen molar-refractivity contribution in [3.05, 3.63) is 45.8 Å². The van der Waals surface area contributed by atoms with Crippen LogP contribution in [0.4, 0.5) is 13.2 Å². The normalized spacial score (nSPS) is 19.8. The summed E-state index contributed by atoms with van der Waals surface area (Å²) in [7, 11) is 0. The van der Waals surface area contributed by atoms with E-state index < -0.39 is 22.9 Å². The Morgan fingerprint density at radius 3 is 2.35 bits per heavy atom. The van der Waals surface area contributed by atoms with E-state index in [0.717, 1.165) is 63.9 Å². The lowest BCUT2D eigenvalue weighted by molar-refractivity contribution is -0.0381. The molecule has 172 valence electrons. The van der Waals surface area contributed by atoms with Gasteiger partial charge in [0.15, 0.2) is 0 Å². The van der Waals surface area contributed by atoms with Gasteiger partial charge in [-0.2, -0.15) is 0 Å². The molecular formula is C26H35F3O2. The zero-order valence-electron chi connectivity index (χ0n) is 18.8. The first-order valence-corrected chi connectivity index (χ1v) is 12.0. The smallest absolute Gasteiger partial charge is 0.346 e. The molecule has 5 heteroatoms. The van der Waals surface area contributed by atoms with Crippen molar-refractivity contribution in [2.75, 3.05) is 0 Å². The maximum atomic E-state index is 15.1. The van der Waals surface area contributed by atoms with Gasteiger partial charge in [0.25, 0.3) is 5.92 Å². The van der Waals surface area contributed by atoms with Crippen molar-refractivity contribution in [3.63, 3.8) is 0 Å². The minimum Gasteiger partial charge on any atom is -0.427 e. The van der Waals surface area contributed by atoms with E-state index in [0.29, 0.717) is 23.5 Å². The van der Waals surface area contributed by atoms with E-state index >= 15 is 13.2 Å². The second-order valence-corrected chi connectivity index (χ2v) is 9.26. The van der Waals surface area contributed by atoms with Crippen LogP contribution in [0.15, 0.2) is 27.4 Å². The zero-order valence-corrected chi connectivity index (χ0v) is 18.8. The summed E-state index contributed by atoms with van der Waals surface area (Å²) < 4.78 is 50.4. The molecule has 31 heavy (non-hydrogen) atoms. The van der Waals surface area contributed by atoms with Crippen LogP contribution in [0.25, 0.3) is 10.8 Å². The molecule has 1 aliphatic carbocycles. The highest BCUT2D eigenvalue weighted by molar-refractivity contribution is 5.83. The number of halogens is 3. The molecule has 0 bridgehead atoms. The average Bonchev–Trinajstić information content (AvgIpc) is 2.73. The summed E-state index contributed by atoms with van der Waals surface area (Å²) >= 11 is 0. The van der Waals surface area contributed by atoms with Gasteiger partial charge in [-0.25, -0.2) is 18.0 Å². The van der Waals surface area contributed by atoms with Gasteiger partial charge in [0, 0.05) is 12.8 Å².